The summed E-state index contributed by atoms with van der Waals surface area (Å²) in [6, 6.07) is 2.05. The van der Waals surface area contributed by atoms with Crippen molar-refractivity contribution in [3.05, 3.63) is 11.1 Å². The number of hydrogen-bond acceptors (Lipinski definition) is 3. The Morgan fingerprint density at radius 1 is 1.14 bits per heavy atom. The molecule has 0 aromatic rings. The van der Waals surface area contributed by atoms with Crippen molar-refractivity contribution >= 4 is 5.97 Å². The number of rotatable bonds is 9. The van der Waals surface area contributed by atoms with Gasteiger partial charge in [0.2, 0.25) is 0 Å². The number of carbonyl (C=O) groups is 1. The highest BCUT2D eigenvalue weighted by molar-refractivity contribution is 5.93. The average molecular weight is 293 g/mol. The number of unbranched alkanes of at least 4 members (excludes halogenated alkanes) is 1. The predicted molar refractivity (Wildman–Crippen MR) is 86.6 cm³/mol. The maximum absolute atomic E-state index is 12.2. The molecule has 1 unspecified atom stereocenters. The zero-order chi connectivity index (χ0) is 16.4. The predicted octanol–water partition coefficient (Wildman–Crippen LogP) is 4.88. The Balaban J connectivity index is 4.88. The van der Waals surface area contributed by atoms with Crippen molar-refractivity contribution in [2.45, 2.75) is 67.2 Å². The Kier molecular flexibility index (Phi) is 9.78. The van der Waals surface area contributed by atoms with E-state index in [0.717, 1.165) is 31.3 Å². The minimum absolute atomic E-state index is 0.175. The molecule has 0 fully saturated rings. The van der Waals surface area contributed by atoms with Crippen molar-refractivity contribution < 1.29 is 9.53 Å². The third-order valence-electron chi connectivity index (χ3n) is 3.84. The number of carbonyl (C=O) groups excluding carboxylic acids is 1. The van der Waals surface area contributed by atoms with Gasteiger partial charge in [-0.15, -0.1) is 0 Å². The second-order valence-corrected chi connectivity index (χ2v) is 6.27. The van der Waals surface area contributed by atoms with Crippen LogP contribution in [0.15, 0.2) is 11.1 Å². The van der Waals surface area contributed by atoms with Crippen LogP contribution in [0.5, 0.6) is 0 Å². The molecule has 0 aromatic heterocycles. The van der Waals surface area contributed by atoms with E-state index < -0.39 is 5.97 Å². The first-order valence-corrected chi connectivity index (χ1v) is 8.20. The summed E-state index contributed by atoms with van der Waals surface area (Å²) in [7, 11) is 0. The lowest BCUT2D eigenvalue weighted by molar-refractivity contribution is -0.140. The molecule has 0 saturated carbocycles. The van der Waals surface area contributed by atoms with Crippen LogP contribution in [0.25, 0.3) is 0 Å². The molecule has 0 aliphatic heterocycles. The highest BCUT2D eigenvalue weighted by Crippen LogP contribution is 2.24. The maximum atomic E-state index is 12.2. The zero-order valence-electron chi connectivity index (χ0n) is 14.5. The van der Waals surface area contributed by atoms with E-state index in [1.54, 1.807) is 0 Å². The molecule has 0 saturated heterocycles. The second-order valence-electron chi connectivity index (χ2n) is 6.27. The first-order chi connectivity index (χ1) is 9.88. The molecule has 0 spiro atoms. The topological polar surface area (TPSA) is 50.1 Å². The summed E-state index contributed by atoms with van der Waals surface area (Å²) in [5.74, 6) is 0.295. The van der Waals surface area contributed by atoms with Gasteiger partial charge in [-0.1, -0.05) is 60.8 Å². The molecule has 3 heteroatoms. The number of allylic oxidation sites excluding steroid dienone is 1. The quantitative estimate of drug-likeness (QED) is 0.346. The number of esters is 1. The van der Waals surface area contributed by atoms with Gasteiger partial charge in [-0.25, -0.2) is 4.79 Å². The van der Waals surface area contributed by atoms with Crippen LogP contribution in [-0.2, 0) is 9.53 Å². The number of hydrogen-bond donors (Lipinski definition) is 0. The minimum atomic E-state index is -0.454. The van der Waals surface area contributed by atoms with Crippen LogP contribution >= 0.6 is 0 Å². The molecule has 0 radical (unpaired) electrons. The van der Waals surface area contributed by atoms with E-state index in [9.17, 15) is 10.1 Å². The highest BCUT2D eigenvalue weighted by Gasteiger charge is 2.22. The van der Waals surface area contributed by atoms with E-state index in [1.165, 1.54) is 0 Å². The van der Waals surface area contributed by atoms with Crippen molar-refractivity contribution in [2.75, 3.05) is 6.61 Å². The van der Waals surface area contributed by atoms with Crippen LogP contribution in [0.4, 0.5) is 0 Å². The van der Waals surface area contributed by atoms with Crippen LogP contribution in [0, 0.1) is 29.1 Å². The first-order valence-electron chi connectivity index (χ1n) is 8.20. The van der Waals surface area contributed by atoms with Crippen molar-refractivity contribution in [1.82, 2.24) is 0 Å². The Morgan fingerprint density at radius 2 is 1.71 bits per heavy atom. The molecule has 0 aromatic carbocycles. The molecule has 21 heavy (non-hydrogen) atoms. The van der Waals surface area contributed by atoms with E-state index in [2.05, 4.69) is 19.9 Å². The number of nitriles is 1. The standard InChI is InChI=1S/C18H31NO2/c1-7-9-10-15(8-2)12-21-18(20)16(11-19)17(13(3)4)14(5)6/h13-15H,7-10,12H2,1-6H3. The van der Waals surface area contributed by atoms with Crippen molar-refractivity contribution in [3.8, 4) is 6.07 Å². The highest BCUT2D eigenvalue weighted by atomic mass is 16.5. The summed E-state index contributed by atoms with van der Waals surface area (Å²) in [6.07, 6.45) is 4.38. The van der Waals surface area contributed by atoms with Crippen LogP contribution < -0.4 is 0 Å². The third-order valence-corrected chi connectivity index (χ3v) is 3.84. The summed E-state index contributed by atoms with van der Waals surface area (Å²) >= 11 is 0. The fraction of sp³-hybridized carbons (Fsp3) is 0.778. The van der Waals surface area contributed by atoms with Gasteiger partial charge in [0, 0.05) is 0 Å². The molecule has 1 atom stereocenters. The molecule has 0 aliphatic rings. The van der Waals surface area contributed by atoms with Crippen LogP contribution in [0.1, 0.15) is 67.2 Å². The zero-order valence-corrected chi connectivity index (χ0v) is 14.5. The summed E-state index contributed by atoms with van der Waals surface area (Å²) < 4.78 is 5.41. The van der Waals surface area contributed by atoms with Gasteiger partial charge in [-0.3, -0.25) is 0 Å². The van der Waals surface area contributed by atoms with Gasteiger partial charge in [0.05, 0.1) is 6.61 Å². The van der Waals surface area contributed by atoms with Gasteiger partial charge in [-0.05, 0) is 29.7 Å². The van der Waals surface area contributed by atoms with Crippen molar-refractivity contribution in [2.24, 2.45) is 17.8 Å². The largest absolute Gasteiger partial charge is 0.461 e. The maximum Gasteiger partial charge on any atom is 0.348 e. The average Bonchev–Trinajstić information content (AvgIpc) is 2.43. The van der Waals surface area contributed by atoms with Gasteiger partial charge in [0.1, 0.15) is 11.6 Å². The fourth-order valence-electron chi connectivity index (χ4n) is 2.64. The molecule has 3 nitrogen and oxygen atoms in total. The van der Waals surface area contributed by atoms with Gasteiger partial charge in [-0.2, -0.15) is 5.26 Å². The SMILES string of the molecule is CCCCC(CC)COC(=O)C(C#N)=C(C(C)C)C(C)C. The van der Waals surface area contributed by atoms with Crippen molar-refractivity contribution in [1.29, 1.82) is 5.26 Å². The molecule has 0 bridgehead atoms. The smallest absolute Gasteiger partial charge is 0.348 e. The lowest BCUT2D eigenvalue weighted by Gasteiger charge is -2.19. The molecule has 0 heterocycles. The third kappa shape index (κ3) is 6.80. The number of ether oxygens (including phenoxy) is 1. The van der Waals surface area contributed by atoms with Crippen LogP contribution in [0.2, 0.25) is 0 Å². The van der Waals surface area contributed by atoms with Gasteiger partial charge < -0.3 is 4.74 Å². The van der Waals surface area contributed by atoms with Crippen LogP contribution in [-0.4, -0.2) is 12.6 Å². The molecule has 0 amide bonds. The van der Waals surface area contributed by atoms with E-state index in [1.807, 2.05) is 27.7 Å². The summed E-state index contributed by atoms with van der Waals surface area (Å²) in [4.78, 5) is 12.2. The van der Waals surface area contributed by atoms with Crippen molar-refractivity contribution in [3.63, 3.8) is 0 Å². The van der Waals surface area contributed by atoms with E-state index in [-0.39, 0.29) is 17.4 Å². The monoisotopic (exact) mass is 293 g/mol. The fourth-order valence-corrected chi connectivity index (χ4v) is 2.64. The van der Waals surface area contributed by atoms with Gasteiger partial charge in [0.25, 0.3) is 0 Å². The first kappa shape index (κ1) is 19.7. The Morgan fingerprint density at radius 3 is 2.10 bits per heavy atom. The van der Waals surface area contributed by atoms with E-state index in [0.29, 0.717) is 12.5 Å². The Bertz CT molecular complexity index is 379. The Hall–Kier alpha value is -1.30. The second kappa shape index (κ2) is 10.4. The molecule has 0 rings (SSSR count). The minimum Gasteiger partial charge on any atom is -0.461 e. The van der Waals surface area contributed by atoms with E-state index in [4.69, 9.17) is 4.74 Å². The lowest BCUT2D eigenvalue weighted by Crippen LogP contribution is -2.18. The number of nitrogens with zero attached hydrogens (tertiary/aromatic N) is 1. The normalized spacial score (nSPS) is 12.1. The molecular weight excluding hydrogens is 262 g/mol. The van der Waals surface area contributed by atoms with Gasteiger partial charge in [0.15, 0.2) is 0 Å². The summed E-state index contributed by atoms with van der Waals surface area (Å²) in [5.41, 5.74) is 1.09. The van der Waals surface area contributed by atoms with Crippen LogP contribution in [0.3, 0.4) is 0 Å². The summed E-state index contributed by atoms with van der Waals surface area (Å²) in [6.45, 7) is 12.7. The van der Waals surface area contributed by atoms with Gasteiger partial charge >= 0.3 is 5.97 Å². The molecule has 0 N–H and O–H groups in total. The molecule has 120 valence electrons. The lowest BCUT2D eigenvalue weighted by atomic mass is 9.88. The van der Waals surface area contributed by atoms with E-state index >= 15 is 0 Å². The molecule has 0 aliphatic carbocycles. The molecular formula is C18H31NO2. The summed E-state index contributed by atoms with van der Waals surface area (Å²) in [5, 5.41) is 9.32. The Labute approximate surface area is 130 Å².